The first-order valence-electron chi connectivity index (χ1n) is 11.7. The van der Waals surface area contributed by atoms with Gasteiger partial charge in [0.25, 0.3) is 0 Å². The zero-order valence-corrected chi connectivity index (χ0v) is 19.3. The predicted molar refractivity (Wildman–Crippen MR) is 126 cm³/mol. The number of aliphatic hydroxyl groups excluding tert-OH is 1. The molecule has 0 rings (SSSR count). The summed E-state index contributed by atoms with van der Waals surface area (Å²) in [6.07, 6.45) is 27.8. The van der Waals surface area contributed by atoms with Crippen LogP contribution in [0.15, 0.2) is 48.6 Å². The van der Waals surface area contributed by atoms with Crippen molar-refractivity contribution in [2.45, 2.75) is 90.6 Å². The summed E-state index contributed by atoms with van der Waals surface area (Å²) in [5, 5.41) is 9.27. The lowest BCUT2D eigenvalue weighted by Crippen LogP contribution is -2.27. The van der Waals surface area contributed by atoms with Crippen LogP contribution < -0.4 is 0 Å². The van der Waals surface area contributed by atoms with Crippen molar-refractivity contribution in [1.82, 2.24) is 0 Å². The van der Waals surface area contributed by atoms with Crippen molar-refractivity contribution in [3.8, 4) is 0 Å². The van der Waals surface area contributed by atoms with Crippen molar-refractivity contribution in [2.24, 2.45) is 0 Å². The van der Waals surface area contributed by atoms with E-state index in [4.69, 9.17) is 9.47 Å². The van der Waals surface area contributed by atoms with Gasteiger partial charge in [0.05, 0.1) is 13.2 Å². The lowest BCUT2D eigenvalue weighted by Gasteiger charge is -2.15. The SMILES string of the molecule is CC/C=C\C/C=C\C/C=C\C/C=C\CCCCCOCC(CO)OC(=O)CCCC. The Morgan fingerprint density at radius 1 is 0.833 bits per heavy atom. The molecule has 0 saturated carbocycles. The van der Waals surface area contributed by atoms with Crippen molar-refractivity contribution in [2.75, 3.05) is 19.8 Å². The van der Waals surface area contributed by atoms with E-state index in [1.807, 2.05) is 6.92 Å². The molecule has 0 saturated heterocycles. The van der Waals surface area contributed by atoms with Gasteiger partial charge in [0, 0.05) is 13.0 Å². The summed E-state index contributed by atoms with van der Waals surface area (Å²) >= 11 is 0. The minimum absolute atomic E-state index is 0.191. The van der Waals surface area contributed by atoms with Gasteiger partial charge < -0.3 is 14.6 Å². The third-order valence-electron chi connectivity index (χ3n) is 4.42. The van der Waals surface area contributed by atoms with E-state index in [1.54, 1.807) is 0 Å². The first kappa shape index (κ1) is 28.4. The normalized spacial score (nSPS) is 13.3. The number of hydrogen-bond donors (Lipinski definition) is 1. The maximum atomic E-state index is 11.6. The molecule has 0 aliphatic heterocycles. The Morgan fingerprint density at radius 3 is 2.07 bits per heavy atom. The number of carbonyl (C=O) groups excluding carboxylic acids is 1. The van der Waals surface area contributed by atoms with Crippen LogP contribution in [0.1, 0.15) is 84.5 Å². The number of unbranched alkanes of at least 4 members (excludes halogenated alkanes) is 4. The molecular formula is C26H44O4. The van der Waals surface area contributed by atoms with Gasteiger partial charge in [-0.3, -0.25) is 4.79 Å². The second kappa shape index (κ2) is 23.6. The van der Waals surface area contributed by atoms with Gasteiger partial charge in [-0.15, -0.1) is 0 Å². The van der Waals surface area contributed by atoms with E-state index in [-0.39, 0.29) is 19.2 Å². The fraction of sp³-hybridized carbons (Fsp3) is 0.654. The topological polar surface area (TPSA) is 55.8 Å². The Balaban J connectivity index is 3.52. The van der Waals surface area contributed by atoms with Crippen molar-refractivity contribution < 1.29 is 19.4 Å². The van der Waals surface area contributed by atoms with Crippen LogP contribution in [0.4, 0.5) is 0 Å². The third kappa shape index (κ3) is 21.1. The molecule has 1 unspecified atom stereocenters. The standard InChI is InChI=1S/C26H44O4/c1-3-5-7-8-9-10-11-12-13-14-15-16-17-18-19-20-22-29-24-25(23-27)30-26(28)21-6-4-2/h5,7,9-10,12-13,15-16,25,27H,3-4,6,8,11,14,17-24H2,1-2H3/b7-5-,10-9-,13-12-,16-15-. The van der Waals surface area contributed by atoms with Gasteiger partial charge in [-0.2, -0.15) is 0 Å². The quantitative estimate of drug-likeness (QED) is 0.139. The average Bonchev–Trinajstić information content (AvgIpc) is 2.76. The molecule has 0 spiro atoms. The maximum Gasteiger partial charge on any atom is 0.306 e. The molecule has 4 heteroatoms. The number of carbonyl (C=O) groups is 1. The molecule has 0 aliphatic rings. The molecule has 0 aromatic rings. The molecule has 30 heavy (non-hydrogen) atoms. The molecule has 0 fully saturated rings. The molecule has 172 valence electrons. The Morgan fingerprint density at radius 2 is 1.47 bits per heavy atom. The molecule has 1 atom stereocenters. The summed E-state index contributed by atoms with van der Waals surface area (Å²) < 4.78 is 10.7. The van der Waals surface area contributed by atoms with Crippen molar-refractivity contribution in [3.63, 3.8) is 0 Å². The van der Waals surface area contributed by atoms with Crippen LogP contribution in [-0.2, 0) is 14.3 Å². The van der Waals surface area contributed by atoms with Gasteiger partial charge >= 0.3 is 5.97 Å². The van der Waals surface area contributed by atoms with Gasteiger partial charge in [-0.05, 0) is 51.4 Å². The second-order valence-corrected chi connectivity index (χ2v) is 7.32. The zero-order chi connectivity index (χ0) is 22.1. The van der Waals surface area contributed by atoms with E-state index in [0.29, 0.717) is 13.0 Å². The summed E-state index contributed by atoms with van der Waals surface area (Å²) in [6.45, 7) is 4.89. The van der Waals surface area contributed by atoms with Gasteiger partial charge in [0.1, 0.15) is 6.10 Å². The molecule has 0 aliphatic carbocycles. The number of ether oxygens (including phenoxy) is 2. The van der Waals surface area contributed by atoms with Crippen LogP contribution in [0.5, 0.6) is 0 Å². The predicted octanol–water partition coefficient (Wildman–Crippen LogP) is 6.46. The summed E-state index contributed by atoms with van der Waals surface area (Å²) in [4.78, 5) is 11.6. The first-order chi connectivity index (χ1) is 14.7. The summed E-state index contributed by atoms with van der Waals surface area (Å²) in [5.41, 5.74) is 0. The van der Waals surface area contributed by atoms with E-state index in [2.05, 4.69) is 55.5 Å². The number of esters is 1. The molecular weight excluding hydrogens is 376 g/mol. The van der Waals surface area contributed by atoms with Crippen LogP contribution in [0, 0.1) is 0 Å². The van der Waals surface area contributed by atoms with Gasteiger partial charge in [-0.1, -0.05) is 75.3 Å². The largest absolute Gasteiger partial charge is 0.457 e. The highest BCUT2D eigenvalue weighted by Gasteiger charge is 2.13. The molecule has 0 aromatic heterocycles. The van der Waals surface area contributed by atoms with Crippen LogP contribution in [0.25, 0.3) is 0 Å². The monoisotopic (exact) mass is 420 g/mol. The Hall–Kier alpha value is -1.65. The van der Waals surface area contributed by atoms with Crippen molar-refractivity contribution >= 4 is 5.97 Å². The van der Waals surface area contributed by atoms with Crippen molar-refractivity contribution in [3.05, 3.63) is 48.6 Å². The summed E-state index contributed by atoms with van der Waals surface area (Å²) in [7, 11) is 0. The average molecular weight is 421 g/mol. The zero-order valence-electron chi connectivity index (χ0n) is 19.3. The van der Waals surface area contributed by atoms with E-state index in [0.717, 1.165) is 64.2 Å². The van der Waals surface area contributed by atoms with Crippen LogP contribution in [0.3, 0.4) is 0 Å². The second-order valence-electron chi connectivity index (χ2n) is 7.32. The lowest BCUT2D eigenvalue weighted by atomic mass is 10.2. The van der Waals surface area contributed by atoms with E-state index >= 15 is 0 Å². The Labute approximate surface area is 184 Å². The van der Waals surface area contributed by atoms with E-state index in [9.17, 15) is 9.90 Å². The minimum atomic E-state index is -0.543. The highest BCUT2D eigenvalue weighted by Crippen LogP contribution is 2.04. The highest BCUT2D eigenvalue weighted by atomic mass is 16.6. The van der Waals surface area contributed by atoms with Gasteiger partial charge in [-0.25, -0.2) is 0 Å². The van der Waals surface area contributed by atoms with E-state index < -0.39 is 6.10 Å². The third-order valence-corrected chi connectivity index (χ3v) is 4.42. The number of allylic oxidation sites excluding steroid dienone is 8. The van der Waals surface area contributed by atoms with Gasteiger partial charge in [0.2, 0.25) is 0 Å². The fourth-order valence-corrected chi connectivity index (χ4v) is 2.65. The van der Waals surface area contributed by atoms with Crippen molar-refractivity contribution in [1.29, 1.82) is 0 Å². The van der Waals surface area contributed by atoms with Gasteiger partial charge in [0.15, 0.2) is 0 Å². The fourth-order valence-electron chi connectivity index (χ4n) is 2.65. The van der Waals surface area contributed by atoms with Crippen LogP contribution in [0.2, 0.25) is 0 Å². The smallest absolute Gasteiger partial charge is 0.306 e. The lowest BCUT2D eigenvalue weighted by molar-refractivity contribution is -0.154. The molecule has 4 nitrogen and oxygen atoms in total. The summed E-state index contributed by atoms with van der Waals surface area (Å²) in [6, 6.07) is 0. The molecule has 0 bridgehead atoms. The molecule has 0 amide bonds. The molecule has 0 radical (unpaired) electrons. The molecule has 1 N–H and O–H groups in total. The minimum Gasteiger partial charge on any atom is -0.457 e. The summed E-state index contributed by atoms with van der Waals surface area (Å²) in [5.74, 6) is -0.252. The van der Waals surface area contributed by atoms with Crippen LogP contribution in [-0.4, -0.2) is 37.0 Å². The highest BCUT2D eigenvalue weighted by molar-refractivity contribution is 5.69. The maximum absolute atomic E-state index is 11.6. The Bertz CT molecular complexity index is 491. The first-order valence-corrected chi connectivity index (χ1v) is 11.7. The van der Waals surface area contributed by atoms with E-state index in [1.165, 1.54) is 0 Å². The number of rotatable bonds is 20. The number of aliphatic hydroxyl groups is 1. The molecule has 0 heterocycles. The Kier molecular flexibility index (Phi) is 22.3. The molecule has 0 aromatic carbocycles. The number of hydrogen-bond acceptors (Lipinski definition) is 4. The van der Waals surface area contributed by atoms with Crippen LogP contribution >= 0.6 is 0 Å².